The van der Waals surface area contributed by atoms with E-state index in [1.165, 1.54) is 44.7 Å². The number of rotatable bonds is 5. The highest BCUT2D eigenvalue weighted by Crippen LogP contribution is 2.44. The van der Waals surface area contributed by atoms with Crippen molar-refractivity contribution in [2.75, 3.05) is 19.1 Å². The number of carbonyl (C=O) groups is 2. The first-order chi connectivity index (χ1) is 15.4. The third-order valence-corrected chi connectivity index (χ3v) is 5.09. The van der Waals surface area contributed by atoms with E-state index in [2.05, 4.69) is 0 Å². The van der Waals surface area contributed by atoms with Crippen LogP contribution in [0.3, 0.4) is 0 Å². The van der Waals surface area contributed by atoms with Gasteiger partial charge in [0.25, 0.3) is 11.7 Å². The number of halogens is 2. The highest BCUT2D eigenvalue weighted by atomic mass is 19.1. The Balaban J connectivity index is 1.97. The molecule has 1 aliphatic heterocycles. The molecule has 2 aromatic carbocycles. The van der Waals surface area contributed by atoms with Gasteiger partial charge in [-0.15, -0.1) is 0 Å². The van der Waals surface area contributed by atoms with E-state index in [0.717, 1.165) is 17.0 Å². The summed E-state index contributed by atoms with van der Waals surface area (Å²) in [7, 11) is 2.79. The molecule has 3 aromatic rings. The van der Waals surface area contributed by atoms with Crippen LogP contribution in [-0.4, -0.2) is 31.0 Å². The van der Waals surface area contributed by atoms with Crippen LogP contribution < -0.4 is 14.4 Å². The molecule has 1 aliphatic rings. The van der Waals surface area contributed by atoms with Gasteiger partial charge in [-0.05, 0) is 42.5 Å². The molecule has 7 nitrogen and oxygen atoms in total. The van der Waals surface area contributed by atoms with Crippen LogP contribution in [-0.2, 0) is 9.59 Å². The minimum atomic E-state index is -1.30. The summed E-state index contributed by atoms with van der Waals surface area (Å²) in [6, 6.07) is 8.82. The molecule has 1 unspecified atom stereocenters. The van der Waals surface area contributed by atoms with Crippen molar-refractivity contribution in [2.45, 2.75) is 6.04 Å². The van der Waals surface area contributed by atoms with Gasteiger partial charge in [0.2, 0.25) is 0 Å². The average molecular weight is 441 g/mol. The zero-order chi connectivity index (χ0) is 23.0. The van der Waals surface area contributed by atoms with E-state index in [1.54, 1.807) is 6.07 Å². The van der Waals surface area contributed by atoms with Gasteiger partial charge in [-0.25, -0.2) is 8.78 Å². The van der Waals surface area contributed by atoms with Gasteiger partial charge in [0.15, 0.2) is 0 Å². The fourth-order valence-electron chi connectivity index (χ4n) is 3.62. The number of carbonyl (C=O) groups excluding carboxylic acids is 2. The van der Waals surface area contributed by atoms with Crippen LogP contribution in [0.5, 0.6) is 11.5 Å². The largest absolute Gasteiger partial charge is 0.507 e. The molecule has 164 valence electrons. The van der Waals surface area contributed by atoms with Gasteiger partial charge in [0.05, 0.1) is 37.3 Å². The van der Waals surface area contributed by atoms with Crippen molar-refractivity contribution < 1.29 is 37.4 Å². The van der Waals surface area contributed by atoms with Crippen molar-refractivity contribution in [2.24, 2.45) is 0 Å². The lowest BCUT2D eigenvalue weighted by Crippen LogP contribution is -2.30. The Morgan fingerprint density at radius 1 is 1.06 bits per heavy atom. The smallest absolute Gasteiger partial charge is 0.300 e. The maximum absolute atomic E-state index is 14.6. The van der Waals surface area contributed by atoms with Crippen molar-refractivity contribution in [3.05, 3.63) is 83.3 Å². The number of methoxy groups -OCH3 is 2. The summed E-state index contributed by atoms with van der Waals surface area (Å²) >= 11 is 0. The molecule has 2 heterocycles. The fraction of sp³-hybridized carbons (Fsp3) is 0.130. The fourth-order valence-corrected chi connectivity index (χ4v) is 3.62. The number of benzene rings is 2. The summed E-state index contributed by atoms with van der Waals surface area (Å²) in [6.07, 6.45) is 1.31. The summed E-state index contributed by atoms with van der Waals surface area (Å²) in [5, 5.41) is 11.1. The highest BCUT2D eigenvalue weighted by Gasteiger charge is 2.49. The Labute approximate surface area is 181 Å². The van der Waals surface area contributed by atoms with Crippen LogP contribution in [0.4, 0.5) is 14.5 Å². The molecule has 0 radical (unpaired) electrons. The molecule has 0 aliphatic carbocycles. The van der Waals surface area contributed by atoms with Crippen LogP contribution in [0.25, 0.3) is 5.76 Å². The molecule has 0 bridgehead atoms. The number of aliphatic hydroxyl groups excluding tert-OH is 1. The Bertz CT molecular complexity index is 1240. The zero-order valence-electron chi connectivity index (χ0n) is 17.0. The molecule has 1 amide bonds. The Morgan fingerprint density at radius 2 is 1.84 bits per heavy atom. The quantitative estimate of drug-likeness (QED) is 0.363. The molecule has 1 saturated heterocycles. The molecular weight excluding hydrogens is 424 g/mol. The number of nitrogens with zero attached hydrogens (tertiary/aromatic N) is 1. The first-order valence-electron chi connectivity index (χ1n) is 9.39. The molecular formula is C23H17F2NO6. The lowest BCUT2D eigenvalue weighted by molar-refractivity contribution is -0.132. The second-order valence-corrected chi connectivity index (χ2v) is 6.85. The summed E-state index contributed by atoms with van der Waals surface area (Å²) in [5.74, 6) is -3.98. The van der Waals surface area contributed by atoms with Crippen LogP contribution >= 0.6 is 0 Å². The van der Waals surface area contributed by atoms with Crippen LogP contribution in [0.1, 0.15) is 17.4 Å². The number of aliphatic hydroxyl groups is 1. The molecule has 1 fully saturated rings. The minimum absolute atomic E-state index is 0.0842. The van der Waals surface area contributed by atoms with Crippen molar-refractivity contribution in [1.29, 1.82) is 0 Å². The first-order valence-corrected chi connectivity index (χ1v) is 9.39. The van der Waals surface area contributed by atoms with E-state index in [0.29, 0.717) is 11.8 Å². The maximum Gasteiger partial charge on any atom is 0.300 e. The predicted molar refractivity (Wildman–Crippen MR) is 109 cm³/mol. The van der Waals surface area contributed by atoms with Gasteiger partial charge < -0.3 is 19.0 Å². The van der Waals surface area contributed by atoms with Gasteiger partial charge >= 0.3 is 0 Å². The molecule has 1 atom stereocenters. The van der Waals surface area contributed by atoms with Crippen LogP contribution in [0, 0.1) is 11.6 Å². The van der Waals surface area contributed by atoms with Crippen LogP contribution in [0.2, 0.25) is 0 Å². The van der Waals surface area contributed by atoms with Crippen molar-refractivity contribution in [1.82, 2.24) is 0 Å². The predicted octanol–water partition coefficient (Wildman–Crippen LogP) is 4.20. The molecule has 9 heteroatoms. The van der Waals surface area contributed by atoms with Gasteiger partial charge in [-0.3, -0.25) is 14.5 Å². The normalized spacial score (nSPS) is 17.6. The second-order valence-electron chi connectivity index (χ2n) is 6.85. The van der Waals surface area contributed by atoms with Gasteiger partial charge in [-0.1, -0.05) is 0 Å². The molecule has 1 N–H and O–H groups in total. The third-order valence-electron chi connectivity index (χ3n) is 5.09. The number of amides is 1. The molecule has 0 saturated carbocycles. The average Bonchev–Trinajstić information content (AvgIpc) is 3.40. The van der Waals surface area contributed by atoms with E-state index < -0.39 is 35.1 Å². The lowest BCUT2D eigenvalue weighted by Gasteiger charge is -2.24. The summed E-state index contributed by atoms with van der Waals surface area (Å²) in [4.78, 5) is 26.8. The van der Waals surface area contributed by atoms with Crippen molar-refractivity contribution >= 4 is 23.1 Å². The Kier molecular flexibility index (Phi) is 5.40. The number of hydrogen-bond acceptors (Lipinski definition) is 6. The van der Waals surface area contributed by atoms with E-state index in [9.17, 15) is 23.5 Å². The van der Waals surface area contributed by atoms with E-state index >= 15 is 0 Å². The standard InChI is InChI=1S/C23H17F2NO6/c1-30-13-6-8-17(31-2)14(11-13)21(27)19-20(18-4-3-9-32-18)26(23(29)22(19)28)16-7-5-12(24)10-15(16)25/h3-11,20,27H,1-2H3/b21-19-. The summed E-state index contributed by atoms with van der Waals surface area (Å²) in [6.45, 7) is 0. The third kappa shape index (κ3) is 3.37. The molecule has 4 rings (SSSR count). The van der Waals surface area contributed by atoms with Crippen molar-refractivity contribution in [3.63, 3.8) is 0 Å². The molecule has 1 aromatic heterocycles. The number of furan rings is 1. The van der Waals surface area contributed by atoms with E-state index in [4.69, 9.17) is 13.9 Å². The number of ketones is 1. The SMILES string of the molecule is COc1ccc(OC)c(/C(O)=C2/C(=O)C(=O)N(c3ccc(F)cc3F)C2c2ccco2)c1. The summed E-state index contributed by atoms with van der Waals surface area (Å²) < 4.78 is 43.9. The van der Waals surface area contributed by atoms with E-state index in [1.807, 2.05) is 0 Å². The number of ether oxygens (including phenoxy) is 2. The number of anilines is 1. The maximum atomic E-state index is 14.6. The number of Topliss-reactive ketones (excluding diaryl/α,β-unsaturated/α-hetero) is 1. The molecule has 0 spiro atoms. The van der Waals surface area contributed by atoms with Gasteiger partial charge in [0.1, 0.15) is 40.7 Å². The van der Waals surface area contributed by atoms with E-state index in [-0.39, 0.29) is 28.3 Å². The van der Waals surface area contributed by atoms with Crippen molar-refractivity contribution in [3.8, 4) is 11.5 Å². The minimum Gasteiger partial charge on any atom is -0.507 e. The topological polar surface area (TPSA) is 89.2 Å². The lowest BCUT2D eigenvalue weighted by atomic mass is 9.98. The van der Waals surface area contributed by atoms with Gasteiger partial charge in [-0.2, -0.15) is 0 Å². The van der Waals surface area contributed by atoms with Crippen LogP contribution in [0.15, 0.2) is 64.8 Å². The Morgan fingerprint density at radius 3 is 2.47 bits per heavy atom. The highest BCUT2D eigenvalue weighted by molar-refractivity contribution is 6.51. The molecule has 32 heavy (non-hydrogen) atoms. The zero-order valence-corrected chi connectivity index (χ0v) is 17.0. The van der Waals surface area contributed by atoms with Gasteiger partial charge in [0, 0.05) is 6.07 Å². The second kappa shape index (κ2) is 8.18. The number of hydrogen-bond donors (Lipinski definition) is 1. The first kappa shape index (κ1) is 21.1. The monoisotopic (exact) mass is 441 g/mol. The Hall–Kier alpha value is -4.14. The summed E-state index contributed by atoms with van der Waals surface area (Å²) in [5.41, 5.74) is -0.604.